The second-order valence-electron chi connectivity index (χ2n) is 6.53. The monoisotopic (exact) mass is 353 g/mol. The highest BCUT2D eigenvalue weighted by Crippen LogP contribution is 2.31. The molecule has 24 heavy (non-hydrogen) atoms. The molecule has 9 nitrogen and oxygen atoms in total. The molecule has 1 saturated heterocycles. The number of imidazole rings is 1. The minimum Gasteiger partial charge on any atom is -0.444 e. The molecule has 3 rings (SSSR count). The van der Waals surface area contributed by atoms with E-state index in [1.807, 2.05) is 25.7 Å². The van der Waals surface area contributed by atoms with Gasteiger partial charge in [0.05, 0.1) is 0 Å². The number of hydrogen-bond acceptors (Lipinski definition) is 7. The number of amides is 1. The van der Waals surface area contributed by atoms with Gasteiger partial charge in [-0.3, -0.25) is 0 Å². The Morgan fingerprint density at radius 3 is 2.58 bits per heavy atom. The zero-order valence-corrected chi connectivity index (χ0v) is 14.6. The quantitative estimate of drug-likeness (QED) is 0.608. The molecule has 1 aliphatic rings. The number of nitro groups is 1. The van der Waals surface area contributed by atoms with Gasteiger partial charge in [-0.1, -0.05) is 11.3 Å². The summed E-state index contributed by atoms with van der Waals surface area (Å²) in [5.41, 5.74) is -0.540. The highest BCUT2D eigenvalue weighted by molar-refractivity contribution is 7.15. The fourth-order valence-corrected chi connectivity index (χ4v) is 3.28. The van der Waals surface area contributed by atoms with Crippen molar-refractivity contribution in [3.63, 3.8) is 0 Å². The van der Waals surface area contributed by atoms with Gasteiger partial charge < -0.3 is 24.7 Å². The van der Waals surface area contributed by atoms with E-state index >= 15 is 0 Å². The van der Waals surface area contributed by atoms with Gasteiger partial charge in [0.25, 0.3) is 4.96 Å². The van der Waals surface area contributed by atoms with Gasteiger partial charge in [-0.15, -0.1) is 0 Å². The van der Waals surface area contributed by atoms with Crippen LogP contribution in [0.3, 0.4) is 0 Å². The number of rotatable bonds is 2. The minimum atomic E-state index is -0.540. The second-order valence-corrected chi connectivity index (χ2v) is 7.40. The van der Waals surface area contributed by atoms with Gasteiger partial charge in [0.15, 0.2) is 0 Å². The number of carbonyl (C=O) groups is 1. The van der Waals surface area contributed by atoms with Crippen LogP contribution in [-0.2, 0) is 4.74 Å². The van der Waals surface area contributed by atoms with E-state index in [1.165, 1.54) is 15.7 Å². The standard InChI is InChI=1S/C14H19N5O4S/c1-14(2,3)23-13(20)17-6-4-16(5-7-17)10-11(19(21)22)18-8-9-24-12(18)15-10/h8-9H,4-7H2,1-3H3. The number of anilines is 1. The van der Waals surface area contributed by atoms with E-state index in [4.69, 9.17) is 4.74 Å². The largest absolute Gasteiger partial charge is 0.444 e. The highest BCUT2D eigenvalue weighted by Gasteiger charge is 2.32. The highest BCUT2D eigenvalue weighted by atomic mass is 32.1. The summed E-state index contributed by atoms with van der Waals surface area (Å²) in [6.07, 6.45) is 1.29. The zero-order valence-electron chi connectivity index (χ0n) is 13.8. The van der Waals surface area contributed by atoms with Crippen molar-refractivity contribution in [1.29, 1.82) is 0 Å². The Labute approximate surface area is 142 Å². The van der Waals surface area contributed by atoms with E-state index in [-0.39, 0.29) is 11.9 Å². The molecule has 0 unspecified atom stereocenters. The SMILES string of the molecule is CC(C)(C)OC(=O)N1CCN(c2nc3sccn3c2[N+](=O)[O-])CC1. The van der Waals surface area contributed by atoms with Crippen LogP contribution in [0.4, 0.5) is 16.4 Å². The predicted molar refractivity (Wildman–Crippen MR) is 89.7 cm³/mol. The molecule has 2 aromatic heterocycles. The van der Waals surface area contributed by atoms with Crippen LogP contribution in [0.5, 0.6) is 0 Å². The normalized spacial score (nSPS) is 15.8. The summed E-state index contributed by atoms with van der Waals surface area (Å²) in [5, 5.41) is 13.2. The molecule has 3 heterocycles. The molecule has 0 aliphatic carbocycles. The van der Waals surface area contributed by atoms with Crippen LogP contribution in [0.2, 0.25) is 0 Å². The fraction of sp³-hybridized carbons (Fsp3) is 0.571. The van der Waals surface area contributed by atoms with Crippen molar-refractivity contribution in [1.82, 2.24) is 14.3 Å². The number of thiazole rings is 1. The first-order chi connectivity index (χ1) is 11.3. The van der Waals surface area contributed by atoms with Crippen LogP contribution in [0, 0.1) is 10.1 Å². The maximum Gasteiger partial charge on any atom is 0.410 e. The van der Waals surface area contributed by atoms with Gasteiger partial charge in [-0.25, -0.2) is 4.79 Å². The number of nitrogens with zero attached hydrogens (tertiary/aromatic N) is 5. The maximum atomic E-state index is 12.1. The predicted octanol–water partition coefficient (Wildman–Crippen LogP) is 2.36. The lowest BCUT2D eigenvalue weighted by atomic mass is 10.2. The number of piperazine rings is 1. The number of ether oxygens (including phenoxy) is 1. The van der Waals surface area contributed by atoms with Crippen LogP contribution in [-0.4, -0.2) is 57.1 Å². The summed E-state index contributed by atoms with van der Waals surface area (Å²) in [6, 6.07) is 0. The van der Waals surface area contributed by atoms with E-state index in [2.05, 4.69) is 4.98 Å². The van der Waals surface area contributed by atoms with Gasteiger partial charge in [0, 0.05) is 31.6 Å². The van der Waals surface area contributed by atoms with E-state index < -0.39 is 10.5 Å². The van der Waals surface area contributed by atoms with Crippen LogP contribution >= 0.6 is 11.3 Å². The first-order valence-corrected chi connectivity index (χ1v) is 8.47. The Hall–Kier alpha value is -2.36. The third-order valence-corrected chi connectivity index (χ3v) is 4.38. The fourth-order valence-electron chi connectivity index (χ4n) is 2.57. The van der Waals surface area contributed by atoms with E-state index in [0.717, 1.165) is 0 Å². The van der Waals surface area contributed by atoms with Crippen LogP contribution < -0.4 is 4.90 Å². The van der Waals surface area contributed by atoms with Gasteiger partial charge in [0.2, 0.25) is 5.82 Å². The van der Waals surface area contributed by atoms with Crippen molar-refractivity contribution in [3.05, 3.63) is 21.7 Å². The van der Waals surface area contributed by atoms with Gasteiger partial charge >= 0.3 is 11.9 Å². The third-order valence-electron chi connectivity index (χ3n) is 3.62. The third kappa shape index (κ3) is 3.14. The molecule has 0 spiro atoms. The zero-order chi connectivity index (χ0) is 17.5. The number of carbonyl (C=O) groups excluding carboxylic acids is 1. The second kappa shape index (κ2) is 5.93. The molecule has 1 aliphatic heterocycles. The topological polar surface area (TPSA) is 93.2 Å². The first kappa shape index (κ1) is 16.5. The molecule has 130 valence electrons. The number of hydrogen-bond donors (Lipinski definition) is 0. The molecular formula is C14H19N5O4S. The van der Waals surface area contributed by atoms with Crippen molar-refractivity contribution in [2.75, 3.05) is 31.1 Å². The Morgan fingerprint density at radius 2 is 2.00 bits per heavy atom. The molecule has 0 saturated carbocycles. The van der Waals surface area contributed by atoms with Crippen molar-refractivity contribution in [2.45, 2.75) is 26.4 Å². The summed E-state index contributed by atoms with van der Waals surface area (Å²) in [7, 11) is 0. The number of fused-ring (bicyclic) bond motifs is 1. The van der Waals surface area contributed by atoms with Crippen molar-refractivity contribution in [3.8, 4) is 0 Å². The van der Waals surface area contributed by atoms with Crippen LogP contribution in [0.1, 0.15) is 20.8 Å². The summed E-state index contributed by atoms with van der Waals surface area (Å²) in [5.74, 6) is 0.327. The van der Waals surface area contributed by atoms with Crippen LogP contribution in [0.15, 0.2) is 11.6 Å². The first-order valence-electron chi connectivity index (χ1n) is 7.59. The van der Waals surface area contributed by atoms with E-state index in [1.54, 1.807) is 16.5 Å². The van der Waals surface area contributed by atoms with Crippen LogP contribution in [0.25, 0.3) is 4.96 Å². The Kier molecular flexibility index (Phi) is 4.08. The van der Waals surface area contributed by atoms with Crippen molar-refractivity contribution >= 4 is 34.0 Å². The summed E-state index contributed by atoms with van der Waals surface area (Å²) in [6.45, 7) is 7.30. The smallest absolute Gasteiger partial charge is 0.410 e. The minimum absolute atomic E-state index is 0.0306. The Bertz CT molecular complexity index is 770. The number of aromatic nitrogens is 2. The molecule has 0 bridgehead atoms. The molecule has 1 amide bonds. The summed E-state index contributed by atoms with van der Waals surface area (Å²) >= 11 is 1.35. The van der Waals surface area contributed by atoms with Crippen molar-refractivity contribution in [2.24, 2.45) is 0 Å². The lowest BCUT2D eigenvalue weighted by Crippen LogP contribution is -2.50. The molecule has 0 radical (unpaired) electrons. The molecule has 1 fully saturated rings. The summed E-state index contributed by atoms with van der Waals surface area (Å²) < 4.78 is 6.84. The van der Waals surface area contributed by atoms with E-state index in [9.17, 15) is 14.9 Å². The molecule has 0 N–H and O–H groups in total. The molecular weight excluding hydrogens is 334 g/mol. The van der Waals surface area contributed by atoms with Gasteiger partial charge in [-0.2, -0.15) is 9.38 Å². The average molecular weight is 353 g/mol. The molecule has 2 aromatic rings. The Morgan fingerprint density at radius 1 is 1.33 bits per heavy atom. The molecule has 0 atom stereocenters. The molecule has 0 aromatic carbocycles. The van der Waals surface area contributed by atoms with Crippen molar-refractivity contribution < 1.29 is 14.5 Å². The Balaban J connectivity index is 1.73. The van der Waals surface area contributed by atoms with Gasteiger partial charge in [0.1, 0.15) is 11.8 Å². The average Bonchev–Trinajstić information content (AvgIpc) is 3.05. The lowest BCUT2D eigenvalue weighted by Gasteiger charge is -2.35. The maximum absolute atomic E-state index is 12.1. The molecule has 10 heteroatoms. The lowest BCUT2D eigenvalue weighted by molar-refractivity contribution is -0.389. The van der Waals surface area contributed by atoms with Gasteiger partial charge in [-0.05, 0) is 25.7 Å². The van der Waals surface area contributed by atoms with E-state index in [0.29, 0.717) is 37.0 Å². The summed E-state index contributed by atoms with van der Waals surface area (Å²) in [4.78, 5) is 31.5.